The van der Waals surface area contributed by atoms with Crippen LogP contribution in [-0.2, 0) is 6.42 Å². The van der Waals surface area contributed by atoms with E-state index in [0.717, 1.165) is 0 Å². The molecule has 0 aliphatic rings. The van der Waals surface area contributed by atoms with Crippen LogP contribution in [0.4, 0.5) is 8.78 Å². The normalized spacial score (nSPS) is 13.2. The minimum absolute atomic E-state index is 0.0216. The monoisotopic (exact) mass is 225 g/mol. The molecule has 0 saturated carbocycles. The number of hydrogen-bond donors (Lipinski definition) is 1. The first kappa shape index (κ1) is 11.1. The highest BCUT2D eigenvalue weighted by molar-refractivity contribution is 5.78. The van der Waals surface area contributed by atoms with Crippen molar-refractivity contribution in [3.05, 3.63) is 35.6 Å². The average Bonchev–Trinajstić information content (AvgIpc) is 2.71. The highest BCUT2D eigenvalue weighted by Crippen LogP contribution is 2.25. The van der Waals surface area contributed by atoms with E-state index in [2.05, 4.69) is 5.32 Å². The smallest absolute Gasteiger partial charge is 0.140 e. The summed E-state index contributed by atoms with van der Waals surface area (Å²) in [7, 11) is 1.76. The molecule has 0 aliphatic heterocycles. The van der Waals surface area contributed by atoms with Gasteiger partial charge in [0.2, 0.25) is 0 Å². The molecule has 1 aromatic carbocycles. The molecule has 2 nitrogen and oxygen atoms in total. The molecule has 0 radical (unpaired) electrons. The number of fused-ring (bicyclic) bond motifs is 1. The van der Waals surface area contributed by atoms with E-state index in [-0.39, 0.29) is 17.2 Å². The third kappa shape index (κ3) is 1.80. The van der Waals surface area contributed by atoms with Crippen LogP contribution in [0.5, 0.6) is 0 Å². The summed E-state index contributed by atoms with van der Waals surface area (Å²) in [6.45, 7) is 1.87. The second kappa shape index (κ2) is 4.22. The summed E-state index contributed by atoms with van der Waals surface area (Å²) in [5.74, 6) is -1.08. The summed E-state index contributed by atoms with van der Waals surface area (Å²) in [6, 6.07) is 2.77. The maximum Gasteiger partial charge on any atom is 0.140 e. The molecule has 1 N–H and O–H groups in total. The van der Waals surface area contributed by atoms with Gasteiger partial charge in [0.15, 0.2) is 0 Å². The van der Waals surface area contributed by atoms with Crippen LogP contribution in [0.25, 0.3) is 11.0 Å². The molecule has 0 fully saturated rings. The van der Waals surface area contributed by atoms with Gasteiger partial charge >= 0.3 is 0 Å². The second-order valence-corrected chi connectivity index (χ2v) is 3.88. The van der Waals surface area contributed by atoms with Crippen LogP contribution in [0.3, 0.4) is 0 Å². The topological polar surface area (TPSA) is 25.2 Å². The Balaban J connectivity index is 2.50. The van der Waals surface area contributed by atoms with E-state index in [9.17, 15) is 8.78 Å². The zero-order valence-electron chi connectivity index (χ0n) is 9.18. The van der Waals surface area contributed by atoms with E-state index >= 15 is 0 Å². The first-order valence-corrected chi connectivity index (χ1v) is 5.14. The Hall–Kier alpha value is -1.42. The van der Waals surface area contributed by atoms with Crippen LogP contribution >= 0.6 is 0 Å². The molecule has 0 bridgehead atoms. The zero-order valence-corrected chi connectivity index (χ0v) is 9.18. The first-order chi connectivity index (χ1) is 7.63. The molecule has 2 aromatic rings. The van der Waals surface area contributed by atoms with Crippen LogP contribution in [0.15, 0.2) is 22.8 Å². The number of likely N-dealkylation sites (N-methyl/N-ethyl adjacent to an activating group) is 1. The lowest BCUT2D eigenvalue weighted by Gasteiger charge is -2.11. The lowest BCUT2D eigenvalue weighted by molar-refractivity contribution is 0.524. The molecule has 2 rings (SSSR count). The van der Waals surface area contributed by atoms with E-state index in [1.807, 2.05) is 6.92 Å². The maximum absolute atomic E-state index is 13.9. The molecule has 0 amide bonds. The van der Waals surface area contributed by atoms with Gasteiger partial charge in [0.1, 0.15) is 17.2 Å². The molecule has 0 unspecified atom stereocenters. The van der Waals surface area contributed by atoms with E-state index in [1.54, 1.807) is 7.05 Å². The largest absolute Gasteiger partial charge is 0.464 e. The van der Waals surface area contributed by atoms with Gasteiger partial charge in [0.25, 0.3) is 0 Å². The average molecular weight is 225 g/mol. The van der Waals surface area contributed by atoms with Gasteiger partial charge in [-0.15, -0.1) is 0 Å². The van der Waals surface area contributed by atoms with Crippen molar-refractivity contribution >= 4 is 11.0 Å². The minimum Gasteiger partial charge on any atom is -0.464 e. The molecule has 1 atom stereocenters. The van der Waals surface area contributed by atoms with Crippen LogP contribution < -0.4 is 5.32 Å². The zero-order chi connectivity index (χ0) is 11.7. The van der Waals surface area contributed by atoms with Crippen molar-refractivity contribution in [2.75, 3.05) is 7.05 Å². The SMILES string of the molecule is CN[C@H](C)Cc1c(F)cc2occc2c1F. The Labute approximate surface area is 92.2 Å². The molecule has 0 spiro atoms. The van der Waals surface area contributed by atoms with Crippen LogP contribution in [-0.4, -0.2) is 13.1 Å². The lowest BCUT2D eigenvalue weighted by atomic mass is 10.0. The van der Waals surface area contributed by atoms with Crippen molar-refractivity contribution in [3.8, 4) is 0 Å². The molecular weight excluding hydrogens is 212 g/mol. The van der Waals surface area contributed by atoms with Gasteiger partial charge in [-0.05, 0) is 26.5 Å². The fourth-order valence-electron chi connectivity index (χ4n) is 1.68. The summed E-state index contributed by atoms with van der Waals surface area (Å²) in [6.07, 6.45) is 1.67. The molecule has 4 heteroatoms. The number of halogens is 2. The summed E-state index contributed by atoms with van der Waals surface area (Å²) in [5, 5.41) is 3.29. The summed E-state index contributed by atoms with van der Waals surface area (Å²) < 4.78 is 32.5. The molecule has 0 saturated heterocycles. The second-order valence-electron chi connectivity index (χ2n) is 3.88. The third-order valence-electron chi connectivity index (χ3n) is 2.75. The predicted molar refractivity (Wildman–Crippen MR) is 58.4 cm³/mol. The van der Waals surface area contributed by atoms with E-state index in [1.165, 1.54) is 18.4 Å². The fourth-order valence-corrected chi connectivity index (χ4v) is 1.68. The fraction of sp³-hybridized carbons (Fsp3) is 0.333. The highest BCUT2D eigenvalue weighted by Gasteiger charge is 2.16. The van der Waals surface area contributed by atoms with Crippen LogP contribution in [0.1, 0.15) is 12.5 Å². The number of benzene rings is 1. The Kier molecular flexibility index (Phi) is 2.92. The van der Waals surface area contributed by atoms with Gasteiger partial charge in [-0.1, -0.05) is 0 Å². The predicted octanol–water partition coefficient (Wildman–Crippen LogP) is 2.86. The quantitative estimate of drug-likeness (QED) is 0.868. The molecular formula is C12H13F2NO. The number of furan rings is 1. The van der Waals surface area contributed by atoms with Gasteiger partial charge in [-0.3, -0.25) is 0 Å². The molecule has 86 valence electrons. The molecule has 1 aromatic heterocycles. The number of rotatable bonds is 3. The van der Waals surface area contributed by atoms with Crippen molar-refractivity contribution in [1.82, 2.24) is 5.32 Å². The van der Waals surface area contributed by atoms with Crippen molar-refractivity contribution in [3.63, 3.8) is 0 Å². The Bertz CT molecular complexity index is 507. The van der Waals surface area contributed by atoms with E-state index in [4.69, 9.17) is 4.42 Å². The standard InChI is InChI=1S/C12H13F2NO/c1-7(15-2)5-9-10(13)6-11-8(12(9)14)3-4-16-11/h3-4,6-7,15H,5H2,1-2H3/t7-/m1/s1. The Morgan fingerprint density at radius 1 is 1.44 bits per heavy atom. The lowest BCUT2D eigenvalue weighted by Crippen LogP contribution is -2.24. The summed E-state index contributed by atoms with van der Waals surface area (Å²) in [4.78, 5) is 0. The summed E-state index contributed by atoms with van der Waals surface area (Å²) >= 11 is 0. The highest BCUT2D eigenvalue weighted by atomic mass is 19.1. The van der Waals surface area contributed by atoms with Crippen LogP contribution in [0.2, 0.25) is 0 Å². The van der Waals surface area contributed by atoms with Gasteiger partial charge in [-0.25, -0.2) is 8.78 Å². The van der Waals surface area contributed by atoms with Gasteiger partial charge in [-0.2, -0.15) is 0 Å². The van der Waals surface area contributed by atoms with Gasteiger partial charge < -0.3 is 9.73 Å². The molecule has 0 aliphatic carbocycles. The molecule has 1 heterocycles. The molecule has 16 heavy (non-hydrogen) atoms. The Morgan fingerprint density at radius 2 is 2.19 bits per heavy atom. The first-order valence-electron chi connectivity index (χ1n) is 5.14. The van der Waals surface area contributed by atoms with Crippen molar-refractivity contribution in [2.24, 2.45) is 0 Å². The third-order valence-corrected chi connectivity index (χ3v) is 2.75. The van der Waals surface area contributed by atoms with Gasteiger partial charge in [0, 0.05) is 17.7 Å². The van der Waals surface area contributed by atoms with Crippen molar-refractivity contribution in [1.29, 1.82) is 0 Å². The van der Waals surface area contributed by atoms with E-state index < -0.39 is 11.6 Å². The minimum atomic E-state index is -0.554. The van der Waals surface area contributed by atoms with Crippen LogP contribution in [0, 0.1) is 11.6 Å². The summed E-state index contributed by atoms with van der Waals surface area (Å²) in [5.41, 5.74) is 0.353. The van der Waals surface area contributed by atoms with Crippen molar-refractivity contribution < 1.29 is 13.2 Å². The Morgan fingerprint density at radius 3 is 2.88 bits per heavy atom. The number of hydrogen-bond acceptors (Lipinski definition) is 2. The maximum atomic E-state index is 13.9. The van der Waals surface area contributed by atoms with E-state index in [0.29, 0.717) is 11.8 Å². The number of nitrogens with one attached hydrogen (secondary N) is 1. The van der Waals surface area contributed by atoms with Gasteiger partial charge in [0.05, 0.1) is 11.6 Å². The van der Waals surface area contributed by atoms with Crippen molar-refractivity contribution in [2.45, 2.75) is 19.4 Å².